The van der Waals surface area contributed by atoms with E-state index >= 15 is 0 Å². The van der Waals surface area contributed by atoms with E-state index in [-0.39, 0.29) is 38.6 Å². The minimum atomic E-state index is -1.64. The SMILES string of the molecule is CC/C=C\C/C=C\C/C=C\C/C=C\C/C=C\CCCCCC(=O)OC(COC(=O)CCCCCCCCCCCCCCCCCCCCCC/C=C\C/C=C\C/C=C\C/C=C\CC)COC(OCC[N+](C)(C)C)C(=O)[O-]. The fourth-order valence-electron chi connectivity index (χ4n) is 8.32. The van der Waals surface area contributed by atoms with E-state index in [9.17, 15) is 19.5 Å². The van der Waals surface area contributed by atoms with Gasteiger partial charge in [0.1, 0.15) is 13.2 Å². The average Bonchev–Trinajstić information content (AvgIpc) is 3.40. The highest BCUT2D eigenvalue weighted by Gasteiger charge is 2.22. The Morgan fingerprint density at radius 2 is 0.701 bits per heavy atom. The molecule has 0 aromatic heterocycles. The van der Waals surface area contributed by atoms with Crippen LogP contribution in [0, 0.1) is 0 Å². The number of carboxylic acids is 1. The number of unbranched alkanes of at least 4 members (excludes halogenated alkanes) is 23. The molecule has 440 valence electrons. The van der Waals surface area contributed by atoms with Gasteiger partial charge in [-0.05, 0) is 96.3 Å². The second-order valence-corrected chi connectivity index (χ2v) is 21.6. The molecule has 0 saturated heterocycles. The first-order valence-corrected chi connectivity index (χ1v) is 31.0. The van der Waals surface area contributed by atoms with Crippen LogP contribution in [0.5, 0.6) is 0 Å². The molecule has 2 unspecified atom stereocenters. The van der Waals surface area contributed by atoms with Gasteiger partial charge in [0.15, 0.2) is 12.4 Å². The van der Waals surface area contributed by atoms with Crippen LogP contribution >= 0.6 is 0 Å². The number of hydrogen-bond donors (Lipinski definition) is 0. The molecule has 9 heteroatoms. The lowest BCUT2D eigenvalue weighted by molar-refractivity contribution is -0.870. The molecule has 0 aliphatic rings. The fourth-order valence-corrected chi connectivity index (χ4v) is 8.32. The van der Waals surface area contributed by atoms with Crippen molar-refractivity contribution in [1.29, 1.82) is 0 Å². The Morgan fingerprint density at radius 3 is 1.05 bits per heavy atom. The van der Waals surface area contributed by atoms with Crippen LogP contribution < -0.4 is 5.11 Å². The molecule has 0 aromatic rings. The van der Waals surface area contributed by atoms with Crippen LogP contribution in [0.4, 0.5) is 0 Å². The van der Waals surface area contributed by atoms with Crippen LogP contribution in [-0.2, 0) is 33.3 Å². The van der Waals surface area contributed by atoms with Crippen molar-refractivity contribution in [3.63, 3.8) is 0 Å². The van der Waals surface area contributed by atoms with Crippen molar-refractivity contribution >= 4 is 17.9 Å². The van der Waals surface area contributed by atoms with Crippen molar-refractivity contribution < 1.29 is 42.9 Å². The van der Waals surface area contributed by atoms with Gasteiger partial charge >= 0.3 is 11.9 Å². The van der Waals surface area contributed by atoms with Gasteiger partial charge in [-0.1, -0.05) is 245 Å². The summed E-state index contributed by atoms with van der Waals surface area (Å²) in [5.41, 5.74) is 0. The van der Waals surface area contributed by atoms with Crippen molar-refractivity contribution in [3.8, 4) is 0 Å². The van der Waals surface area contributed by atoms with Crippen LogP contribution in [0.15, 0.2) is 109 Å². The quantitative estimate of drug-likeness (QED) is 0.0195. The van der Waals surface area contributed by atoms with Crippen molar-refractivity contribution in [2.75, 3.05) is 47.5 Å². The first-order valence-electron chi connectivity index (χ1n) is 31.0. The molecule has 0 amide bonds. The van der Waals surface area contributed by atoms with Crippen LogP contribution in [0.2, 0.25) is 0 Å². The fraction of sp³-hybridized carbons (Fsp3) is 0.691. The number of ether oxygens (including phenoxy) is 4. The summed E-state index contributed by atoms with van der Waals surface area (Å²) in [6, 6.07) is 0. The van der Waals surface area contributed by atoms with E-state index in [1.165, 1.54) is 116 Å². The maximum atomic E-state index is 12.9. The van der Waals surface area contributed by atoms with Gasteiger partial charge in [-0.3, -0.25) is 9.59 Å². The number of esters is 2. The van der Waals surface area contributed by atoms with E-state index in [0.717, 1.165) is 96.3 Å². The zero-order valence-electron chi connectivity index (χ0n) is 50.0. The van der Waals surface area contributed by atoms with Crippen molar-refractivity contribution in [2.24, 2.45) is 0 Å². The number of likely N-dealkylation sites (N-methyl/N-ethyl adjacent to an activating group) is 1. The van der Waals surface area contributed by atoms with E-state index in [4.69, 9.17) is 18.9 Å². The zero-order chi connectivity index (χ0) is 56.2. The van der Waals surface area contributed by atoms with Crippen LogP contribution in [0.3, 0.4) is 0 Å². The predicted molar refractivity (Wildman–Crippen MR) is 324 cm³/mol. The Kier molecular flexibility index (Phi) is 55.1. The molecule has 9 nitrogen and oxygen atoms in total. The topological polar surface area (TPSA) is 111 Å². The number of carbonyl (C=O) groups is 3. The van der Waals surface area contributed by atoms with E-state index in [0.29, 0.717) is 17.4 Å². The van der Waals surface area contributed by atoms with Gasteiger partial charge in [-0.15, -0.1) is 0 Å². The number of quaternary nitrogens is 1. The molecule has 0 fully saturated rings. The summed E-state index contributed by atoms with van der Waals surface area (Å²) < 4.78 is 22.7. The van der Waals surface area contributed by atoms with Crippen molar-refractivity contribution in [2.45, 2.75) is 257 Å². The Bertz CT molecular complexity index is 1630. The highest BCUT2D eigenvalue weighted by atomic mass is 16.7. The second kappa shape index (κ2) is 58.1. The summed E-state index contributed by atoms with van der Waals surface area (Å²) in [6.45, 7) is 4.49. The first kappa shape index (κ1) is 73.0. The molecule has 0 aromatic carbocycles. The van der Waals surface area contributed by atoms with Crippen molar-refractivity contribution in [3.05, 3.63) is 109 Å². The molecule has 2 atom stereocenters. The predicted octanol–water partition coefficient (Wildman–Crippen LogP) is 17.3. The summed E-state index contributed by atoms with van der Waals surface area (Å²) in [7, 11) is 5.91. The molecule has 0 aliphatic heterocycles. The van der Waals surface area contributed by atoms with Gasteiger partial charge in [0.2, 0.25) is 0 Å². The van der Waals surface area contributed by atoms with Gasteiger partial charge in [0, 0.05) is 12.8 Å². The van der Waals surface area contributed by atoms with E-state index in [1.54, 1.807) is 0 Å². The molecule has 0 aliphatic carbocycles. The smallest absolute Gasteiger partial charge is 0.306 e. The number of carbonyl (C=O) groups excluding carboxylic acids is 3. The Morgan fingerprint density at radius 1 is 0.390 bits per heavy atom. The van der Waals surface area contributed by atoms with E-state index in [2.05, 4.69) is 123 Å². The molecule has 0 N–H and O–H groups in total. The minimum absolute atomic E-state index is 0.137. The summed E-state index contributed by atoms with van der Waals surface area (Å²) in [5, 5.41) is 11.8. The van der Waals surface area contributed by atoms with Gasteiger partial charge in [-0.2, -0.15) is 0 Å². The van der Waals surface area contributed by atoms with E-state index in [1.807, 2.05) is 21.1 Å². The molecule has 0 radical (unpaired) electrons. The standard InChI is InChI=1S/C68H115NO8/c1-6-8-10-12-14-16-18-20-22-24-26-27-28-29-30-31-32-33-34-35-36-37-38-39-41-42-44-46-48-50-52-54-56-58-65(70)75-62-64(63-76-68(67(72)73)74-61-60-69(3,4)5)77-66(71)59-57-55-53-51-49-47-45-43-40-25-23-21-19-17-15-13-11-9-7-2/h8-11,14-17,20-23,26-27,40,43,47,49,64,68H,6-7,12-13,18-19,24-25,28-39,41-42,44-46,48,50-63H2,1-5H3/b10-8-,11-9-,16-14-,17-15-,22-20-,23-21-,27-26-,43-40-,49-47-. The van der Waals surface area contributed by atoms with Crippen molar-refractivity contribution in [1.82, 2.24) is 0 Å². The molecule has 0 spiro atoms. The maximum Gasteiger partial charge on any atom is 0.306 e. The third-order valence-corrected chi connectivity index (χ3v) is 13.0. The normalized spacial score (nSPS) is 13.5. The van der Waals surface area contributed by atoms with Gasteiger partial charge in [0.25, 0.3) is 0 Å². The number of allylic oxidation sites excluding steroid dienone is 18. The lowest BCUT2D eigenvalue weighted by atomic mass is 10.0. The number of hydrogen-bond acceptors (Lipinski definition) is 8. The molecule has 0 rings (SSSR count). The molecule has 0 bridgehead atoms. The highest BCUT2D eigenvalue weighted by Crippen LogP contribution is 2.16. The van der Waals surface area contributed by atoms with Gasteiger partial charge in [0.05, 0.1) is 40.3 Å². The summed E-state index contributed by atoms with van der Waals surface area (Å²) in [4.78, 5) is 37.3. The summed E-state index contributed by atoms with van der Waals surface area (Å²) in [5.74, 6) is -2.33. The lowest BCUT2D eigenvalue weighted by Gasteiger charge is -2.26. The summed E-state index contributed by atoms with van der Waals surface area (Å²) >= 11 is 0. The number of carboxylic acid groups (broad SMARTS) is 1. The largest absolute Gasteiger partial charge is 0.545 e. The zero-order valence-corrected chi connectivity index (χ0v) is 50.0. The monoisotopic (exact) mass is 1070 g/mol. The van der Waals surface area contributed by atoms with Gasteiger partial charge in [-0.25, -0.2) is 0 Å². The third-order valence-electron chi connectivity index (χ3n) is 13.0. The van der Waals surface area contributed by atoms with Gasteiger partial charge < -0.3 is 33.3 Å². The molecular formula is C68H115NO8. The lowest BCUT2D eigenvalue weighted by Crippen LogP contribution is -2.44. The first-order chi connectivity index (χ1) is 37.6. The molecular weight excluding hydrogens is 959 g/mol. The third kappa shape index (κ3) is 59.5. The Balaban J connectivity index is 4.14. The van der Waals surface area contributed by atoms with Crippen LogP contribution in [-0.4, -0.2) is 82.3 Å². The second-order valence-electron chi connectivity index (χ2n) is 21.6. The summed E-state index contributed by atoms with van der Waals surface area (Å²) in [6.07, 6.45) is 77.3. The number of nitrogens with zero attached hydrogens (tertiary/aromatic N) is 1. The molecule has 77 heavy (non-hydrogen) atoms. The highest BCUT2D eigenvalue weighted by molar-refractivity contribution is 5.70. The molecule has 0 heterocycles. The number of aliphatic carboxylic acids is 1. The Labute approximate surface area is 473 Å². The minimum Gasteiger partial charge on any atom is -0.545 e. The number of rotatable bonds is 56. The Hall–Kier alpha value is -4.05. The average molecular weight is 1070 g/mol. The maximum absolute atomic E-state index is 12.9. The molecule has 0 saturated carbocycles. The van der Waals surface area contributed by atoms with E-state index < -0.39 is 24.3 Å². The van der Waals surface area contributed by atoms with Crippen LogP contribution in [0.1, 0.15) is 245 Å². The van der Waals surface area contributed by atoms with Crippen LogP contribution in [0.25, 0.3) is 0 Å².